The van der Waals surface area contributed by atoms with E-state index in [1.165, 1.54) is 31.2 Å². The van der Waals surface area contributed by atoms with Crippen molar-refractivity contribution in [2.45, 2.75) is 46.6 Å². The summed E-state index contributed by atoms with van der Waals surface area (Å²) in [5, 5.41) is 0. The zero-order chi connectivity index (χ0) is 22.7. The van der Waals surface area contributed by atoms with E-state index in [1.54, 1.807) is 4.90 Å². The van der Waals surface area contributed by atoms with E-state index in [2.05, 4.69) is 4.72 Å². The molecule has 2 rings (SSSR count). The van der Waals surface area contributed by atoms with Crippen molar-refractivity contribution < 1.29 is 27.5 Å². The standard InChI is InChI=1S/C21H30N2O6S/c1-14(18(24)15-6-8-17(9-7-15)22-30(5,27)28)29-19(25)16-10-12-23(13-11-16)20(26)21(2,3)4/h6-9,14,16,22H,10-13H2,1-5H3. The number of amides is 1. The molecule has 0 saturated carbocycles. The number of carbonyl (C=O) groups is 3. The molecule has 0 radical (unpaired) electrons. The maximum atomic E-state index is 12.5. The van der Waals surface area contributed by atoms with E-state index < -0.39 is 27.5 Å². The van der Waals surface area contributed by atoms with Crippen LogP contribution in [0.5, 0.6) is 0 Å². The number of hydrogen-bond donors (Lipinski definition) is 1. The third kappa shape index (κ3) is 6.55. The second-order valence-corrected chi connectivity index (χ2v) is 10.5. The fraction of sp³-hybridized carbons (Fsp3) is 0.571. The SMILES string of the molecule is CC(OC(=O)C1CCN(C(=O)C(C)(C)C)CC1)C(=O)c1ccc(NS(C)(=O)=O)cc1. The van der Waals surface area contributed by atoms with E-state index >= 15 is 0 Å². The molecule has 1 fully saturated rings. The van der Waals surface area contributed by atoms with E-state index in [9.17, 15) is 22.8 Å². The van der Waals surface area contributed by atoms with Crippen LogP contribution in [0.15, 0.2) is 24.3 Å². The van der Waals surface area contributed by atoms with E-state index in [0.717, 1.165) is 6.26 Å². The number of likely N-dealkylation sites (tertiary alicyclic amines) is 1. The molecule has 1 aliphatic rings. The van der Waals surface area contributed by atoms with Crippen molar-refractivity contribution in [1.82, 2.24) is 4.90 Å². The van der Waals surface area contributed by atoms with Crippen molar-refractivity contribution in [3.05, 3.63) is 29.8 Å². The molecule has 166 valence electrons. The minimum absolute atomic E-state index is 0.0617. The van der Waals surface area contributed by atoms with Crippen LogP contribution in [0.4, 0.5) is 5.69 Å². The average Bonchev–Trinajstić information content (AvgIpc) is 2.65. The Morgan fingerprint density at radius 3 is 2.10 bits per heavy atom. The molecule has 9 heteroatoms. The number of sulfonamides is 1. The highest BCUT2D eigenvalue weighted by molar-refractivity contribution is 7.92. The van der Waals surface area contributed by atoms with Crippen LogP contribution >= 0.6 is 0 Å². The van der Waals surface area contributed by atoms with Crippen molar-refractivity contribution >= 4 is 33.4 Å². The van der Waals surface area contributed by atoms with Gasteiger partial charge in [-0.3, -0.25) is 19.1 Å². The minimum atomic E-state index is -3.40. The van der Waals surface area contributed by atoms with Gasteiger partial charge in [0.2, 0.25) is 21.7 Å². The fourth-order valence-corrected chi connectivity index (χ4v) is 3.83. The smallest absolute Gasteiger partial charge is 0.309 e. The number of benzene rings is 1. The highest BCUT2D eigenvalue weighted by atomic mass is 32.2. The van der Waals surface area contributed by atoms with Gasteiger partial charge in [-0.2, -0.15) is 0 Å². The summed E-state index contributed by atoms with van der Waals surface area (Å²) in [6, 6.07) is 5.92. The van der Waals surface area contributed by atoms with Gasteiger partial charge >= 0.3 is 5.97 Å². The molecule has 30 heavy (non-hydrogen) atoms. The predicted molar refractivity (Wildman–Crippen MR) is 114 cm³/mol. The van der Waals surface area contributed by atoms with Crippen LogP contribution in [0.1, 0.15) is 50.9 Å². The molecule has 1 unspecified atom stereocenters. The van der Waals surface area contributed by atoms with E-state index in [0.29, 0.717) is 37.2 Å². The van der Waals surface area contributed by atoms with Crippen molar-refractivity contribution in [2.75, 3.05) is 24.1 Å². The van der Waals surface area contributed by atoms with Crippen LogP contribution in [-0.2, 0) is 24.3 Å². The Hall–Kier alpha value is -2.42. The Morgan fingerprint density at radius 2 is 1.63 bits per heavy atom. The quantitative estimate of drug-likeness (QED) is 0.540. The number of hydrogen-bond acceptors (Lipinski definition) is 6. The van der Waals surface area contributed by atoms with E-state index in [-0.39, 0.29) is 17.6 Å². The van der Waals surface area contributed by atoms with Gasteiger partial charge in [0.05, 0.1) is 12.2 Å². The minimum Gasteiger partial charge on any atom is -0.454 e. The maximum absolute atomic E-state index is 12.5. The summed E-state index contributed by atoms with van der Waals surface area (Å²) in [5.74, 6) is -1.08. The molecular formula is C21H30N2O6S. The molecule has 0 spiro atoms. The zero-order valence-electron chi connectivity index (χ0n) is 18.1. The lowest BCUT2D eigenvalue weighted by molar-refractivity contribution is -0.155. The predicted octanol–water partition coefficient (Wildman–Crippen LogP) is 2.46. The lowest BCUT2D eigenvalue weighted by atomic mass is 9.91. The van der Waals surface area contributed by atoms with Crippen molar-refractivity contribution in [3.63, 3.8) is 0 Å². The number of anilines is 1. The lowest BCUT2D eigenvalue weighted by Crippen LogP contribution is -2.45. The largest absolute Gasteiger partial charge is 0.454 e. The summed E-state index contributed by atoms with van der Waals surface area (Å²) in [4.78, 5) is 39.1. The first-order valence-electron chi connectivity index (χ1n) is 9.90. The molecule has 0 aromatic heterocycles. The van der Waals surface area contributed by atoms with Gasteiger partial charge in [0, 0.05) is 29.8 Å². The van der Waals surface area contributed by atoms with Gasteiger partial charge in [0.15, 0.2) is 6.10 Å². The molecular weight excluding hydrogens is 408 g/mol. The molecule has 8 nitrogen and oxygen atoms in total. The number of rotatable bonds is 6. The van der Waals surface area contributed by atoms with Crippen LogP contribution in [0.25, 0.3) is 0 Å². The zero-order valence-corrected chi connectivity index (χ0v) is 18.9. The summed E-state index contributed by atoms with van der Waals surface area (Å²) in [5.41, 5.74) is 0.205. The van der Waals surface area contributed by atoms with Crippen molar-refractivity contribution in [2.24, 2.45) is 11.3 Å². The molecule has 1 N–H and O–H groups in total. The third-order valence-corrected chi connectivity index (χ3v) is 5.50. The molecule has 1 amide bonds. The Bertz CT molecular complexity index is 894. The number of ether oxygens (including phenoxy) is 1. The maximum Gasteiger partial charge on any atom is 0.309 e. The summed E-state index contributed by atoms with van der Waals surface area (Å²) >= 11 is 0. The summed E-state index contributed by atoms with van der Waals surface area (Å²) in [7, 11) is -3.40. The normalized spacial score (nSPS) is 16.6. The van der Waals surface area contributed by atoms with Gasteiger partial charge < -0.3 is 9.64 Å². The molecule has 1 aliphatic heterocycles. The second-order valence-electron chi connectivity index (χ2n) is 8.71. The summed E-state index contributed by atoms with van der Waals surface area (Å²) < 4.78 is 30.2. The third-order valence-electron chi connectivity index (χ3n) is 4.89. The number of Topliss-reactive ketones (excluding diaryl/α,β-unsaturated/α-hetero) is 1. The van der Waals surface area contributed by atoms with Gasteiger partial charge in [-0.05, 0) is 44.0 Å². The number of nitrogens with zero attached hydrogens (tertiary/aromatic N) is 1. The number of nitrogens with one attached hydrogen (secondary N) is 1. The lowest BCUT2D eigenvalue weighted by Gasteiger charge is -2.35. The first-order valence-corrected chi connectivity index (χ1v) is 11.8. The van der Waals surface area contributed by atoms with Crippen LogP contribution in [0, 0.1) is 11.3 Å². The number of ketones is 1. The number of esters is 1. The van der Waals surface area contributed by atoms with Gasteiger partial charge in [-0.15, -0.1) is 0 Å². The van der Waals surface area contributed by atoms with Crippen LogP contribution < -0.4 is 4.72 Å². The molecule has 1 heterocycles. The van der Waals surface area contributed by atoms with E-state index in [1.807, 2.05) is 20.8 Å². The van der Waals surface area contributed by atoms with Crippen molar-refractivity contribution in [3.8, 4) is 0 Å². The highest BCUT2D eigenvalue weighted by Gasteiger charge is 2.34. The molecule has 0 bridgehead atoms. The highest BCUT2D eigenvalue weighted by Crippen LogP contribution is 2.25. The van der Waals surface area contributed by atoms with Crippen LogP contribution in [0.3, 0.4) is 0 Å². The first-order chi connectivity index (χ1) is 13.8. The number of carbonyl (C=O) groups excluding carboxylic acids is 3. The Labute approximate surface area is 178 Å². The average molecular weight is 439 g/mol. The van der Waals surface area contributed by atoms with E-state index in [4.69, 9.17) is 4.74 Å². The van der Waals surface area contributed by atoms with Crippen LogP contribution in [-0.4, -0.2) is 56.4 Å². The Morgan fingerprint density at radius 1 is 1.10 bits per heavy atom. The van der Waals surface area contributed by atoms with Gasteiger partial charge in [-0.25, -0.2) is 8.42 Å². The molecule has 1 atom stereocenters. The Kier molecular flexibility index (Phi) is 7.28. The van der Waals surface area contributed by atoms with Gasteiger partial charge in [0.25, 0.3) is 0 Å². The topological polar surface area (TPSA) is 110 Å². The van der Waals surface area contributed by atoms with Gasteiger partial charge in [-0.1, -0.05) is 20.8 Å². The molecule has 1 aromatic carbocycles. The van der Waals surface area contributed by atoms with Crippen molar-refractivity contribution in [1.29, 1.82) is 0 Å². The molecule has 1 aromatic rings. The fourth-order valence-electron chi connectivity index (χ4n) is 3.27. The monoisotopic (exact) mass is 438 g/mol. The molecule has 0 aliphatic carbocycles. The Balaban J connectivity index is 1.90. The number of piperidine rings is 1. The van der Waals surface area contributed by atoms with Gasteiger partial charge in [0.1, 0.15) is 0 Å². The van der Waals surface area contributed by atoms with Crippen LogP contribution in [0.2, 0.25) is 0 Å². The summed E-state index contributed by atoms with van der Waals surface area (Å²) in [6.07, 6.45) is 1.10. The second kappa shape index (κ2) is 9.16. The molecule has 1 saturated heterocycles. The summed E-state index contributed by atoms with van der Waals surface area (Å²) in [6.45, 7) is 8.10. The first kappa shape index (κ1) is 23.9.